The molecular weight excluding hydrogens is 376 g/mol. The van der Waals surface area contributed by atoms with Gasteiger partial charge in [0.2, 0.25) is 0 Å². The maximum atomic E-state index is 12.0. The number of hydrogen-bond acceptors (Lipinski definition) is 6. The van der Waals surface area contributed by atoms with Gasteiger partial charge in [0, 0.05) is 5.69 Å². The number of aryl methyl sites for hydroxylation is 2. The molecule has 1 aromatic heterocycles. The SMILES string of the molecule is CCc1cccc(C)c1NC(=O)COC(=O)CNS(=O)(=O)c1cccs1. The van der Waals surface area contributed by atoms with Gasteiger partial charge in [-0.3, -0.25) is 9.59 Å². The fourth-order valence-electron chi connectivity index (χ4n) is 2.22. The quantitative estimate of drug-likeness (QED) is 0.665. The summed E-state index contributed by atoms with van der Waals surface area (Å²) in [7, 11) is -3.75. The number of sulfonamides is 1. The number of esters is 1. The van der Waals surface area contributed by atoms with Crippen molar-refractivity contribution < 1.29 is 22.7 Å². The Morgan fingerprint density at radius 3 is 2.62 bits per heavy atom. The highest BCUT2D eigenvalue weighted by Crippen LogP contribution is 2.20. The van der Waals surface area contributed by atoms with Gasteiger partial charge in [-0.25, -0.2) is 8.42 Å². The lowest BCUT2D eigenvalue weighted by molar-refractivity contribution is -0.146. The topological polar surface area (TPSA) is 102 Å². The number of nitrogens with one attached hydrogen (secondary N) is 2. The minimum absolute atomic E-state index is 0.106. The van der Waals surface area contributed by atoms with E-state index in [9.17, 15) is 18.0 Å². The van der Waals surface area contributed by atoms with Crippen molar-refractivity contribution in [2.45, 2.75) is 24.5 Å². The number of anilines is 1. The third kappa shape index (κ3) is 5.38. The van der Waals surface area contributed by atoms with Gasteiger partial charge in [-0.1, -0.05) is 31.2 Å². The van der Waals surface area contributed by atoms with Crippen LogP contribution in [0.4, 0.5) is 5.69 Å². The van der Waals surface area contributed by atoms with Crippen molar-refractivity contribution >= 4 is 38.9 Å². The molecule has 2 N–H and O–H groups in total. The van der Waals surface area contributed by atoms with Gasteiger partial charge < -0.3 is 10.1 Å². The zero-order valence-electron chi connectivity index (χ0n) is 14.4. The van der Waals surface area contributed by atoms with Crippen LogP contribution in [0.25, 0.3) is 0 Å². The van der Waals surface area contributed by atoms with Crippen LogP contribution in [0.15, 0.2) is 39.9 Å². The van der Waals surface area contributed by atoms with Gasteiger partial charge in [-0.2, -0.15) is 4.72 Å². The van der Waals surface area contributed by atoms with E-state index in [1.165, 1.54) is 6.07 Å². The van der Waals surface area contributed by atoms with Crippen molar-refractivity contribution in [1.29, 1.82) is 0 Å². The third-order valence-corrected chi connectivity index (χ3v) is 6.33. The predicted octanol–water partition coefficient (Wildman–Crippen LogP) is 2.08. The Morgan fingerprint density at radius 2 is 1.96 bits per heavy atom. The van der Waals surface area contributed by atoms with Gasteiger partial charge in [0.15, 0.2) is 6.61 Å². The number of para-hydroxylation sites is 1. The number of thiophene rings is 1. The van der Waals surface area contributed by atoms with Gasteiger partial charge >= 0.3 is 5.97 Å². The Labute approximate surface area is 156 Å². The summed E-state index contributed by atoms with van der Waals surface area (Å²) in [5, 5.41) is 4.35. The molecule has 1 amide bonds. The molecule has 0 atom stereocenters. The first kappa shape index (κ1) is 20.1. The minimum Gasteiger partial charge on any atom is -0.455 e. The van der Waals surface area contributed by atoms with E-state index in [4.69, 9.17) is 4.74 Å². The Hall–Kier alpha value is -2.23. The van der Waals surface area contributed by atoms with Crippen LogP contribution in [0.1, 0.15) is 18.1 Å². The Bertz CT molecular complexity index is 877. The van der Waals surface area contributed by atoms with E-state index in [1.54, 1.807) is 11.4 Å². The van der Waals surface area contributed by atoms with Gasteiger partial charge in [-0.15, -0.1) is 11.3 Å². The maximum absolute atomic E-state index is 12.0. The summed E-state index contributed by atoms with van der Waals surface area (Å²) in [6.07, 6.45) is 0.752. The highest BCUT2D eigenvalue weighted by atomic mass is 32.2. The van der Waals surface area contributed by atoms with Gasteiger partial charge in [0.25, 0.3) is 15.9 Å². The standard InChI is InChI=1S/C17H20N2O5S2/c1-3-13-7-4-6-12(2)17(13)19-14(20)11-24-15(21)10-18-26(22,23)16-8-5-9-25-16/h4-9,18H,3,10-11H2,1-2H3,(H,19,20). The Kier molecular flexibility index (Phi) is 6.90. The van der Waals surface area contributed by atoms with Gasteiger partial charge in [0.1, 0.15) is 10.8 Å². The van der Waals surface area contributed by atoms with Crippen molar-refractivity contribution in [3.8, 4) is 0 Å². The number of benzene rings is 1. The summed E-state index contributed by atoms with van der Waals surface area (Å²) in [5.74, 6) is -1.32. The fraction of sp³-hybridized carbons (Fsp3) is 0.294. The average molecular weight is 396 g/mol. The molecule has 0 saturated carbocycles. The summed E-state index contributed by atoms with van der Waals surface area (Å²) in [6, 6.07) is 8.72. The molecule has 0 aliphatic carbocycles. The van der Waals surface area contributed by atoms with E-state index in [1.807, 2.05) is 32.0 Å². The molecule has 7 nitrogen and oxygen atoms in total. The number of carbonyl (C=O) groups excluding carboxylic acids is 2. The third-order valence-electron chi connectivity index (χ3n) is 3.54. The van der Waals surface area contributed by atoms with Crippen LogP contribution < -0.4 is 10.0 Å². The van der Waals surface area contributed by atoms with Crippen LogP contribution in [0, 0.1) is 6.92 Å². The van der Waals surface area contributed by atoms with Crippen LogP contribution in [-0.2, 0) is 30.8 Å². The number of carbonyl (C=O) groups is 2. The summed E-state index contributed by atoms with van der Waals surface area (Å²) >= 11 is 1.04. The number of amides is 1. The zero-order valence-corrected chi connectivity index (χ0v) is 16.1. The highest BCUT2D eigenvalue weighted by Gasteiger charge is 2.17. The molecule has 2 aromatic rings. The van der Waals surface area contributed by atoms with E-state index < -0.39 is 35.1 Å². The second kappa shape index (κ2) is 8.93. The monoisotopic (exact) mass is 396 g/mol. The molecule has 9 heteroatoms. The molecule has 1 heterocycles. The molecule has 0 radical (unpaired) electrons. The lowest BCUT2D eigenvalue weighted by Gasteiger charge is -2.13. The van der Waals surface area contributed by atoms with E-state index >= 15 is 0 Å². The Morgan fingerprint density at radius 1 is 1.19 bits per heavy atom. The predicted molar refractivity (Wildman–Crippen MR) is 99.7 cm³/mol. The van der Waals surface area contributed by atoms with Crippen LogP contribution in [-0.4, -0.2) is 33.4 Å². The molecule has 1 aromatic carbocycles. The van der Waals surface area contributed by atoms with Crippen molar-refractivity contribution in [3.63, 3.8) is 0 Å². The highest BCUT2D eigenvalue weighted by molar-refractivity contribution is 7.91. The molecule has 0 aliphatic rings. The zero-order chi connectivity index (χ0) is 19.2. The molecule has 0 fully saturated rings. The first-order chi connectivity index (χ1) is 12.3. The number of hydrogen-bond donors (Lipinski definition) is 2. The van der Waals surface area contributed by atoms with Crippen molar-refractivity contribution in [2.24, 2.45) is 0 Å². The molecule has 0 aliphatic heterocycles. The smallest absolute Gasteiger partial charge is 0.321 e. The molecule has 140 valence electrons. The van der Waals surface area contributed by atoms with E-state index in [2.05, 4.69) is 10.0 Å². The molecule has 2 rings (SSSR count). The van der Waals surface area contributed by atoms with E-state index in [-0.39, 0.29) is 4.21 Å². The number of ether oxygens (including phenoxy) is 1. The first-order valence-corrected chi connectivity index (χ1v) is 10.3. The fourth-order valence-corrected chi connectivity index (χ4v) is 4.22. The lowest BCUT2D eigenvalue weighted by Crippen LogP contribution is -2.32. The van der Waals surface area contributed by atoms with Gasteiger partial charge in [-0.05, 0) is 35.9 Å². The van der Waals surface area contributed by atoms with E-state index in [0.29, 0.717) is 5.69 Å². The molecule has 0 saturated heterocycles. The average Bonchev–Trinajstić information content (AvgIpc) is 3.15. The normalized spacial score (nSPS) is 11.2. The van der Waals surface area contributed by atoms with Gasteiger partial charge in [0.05, 0.1) is 0 Å². The molecular formula is C17H20N2O5S2. The Balaban J connectivity index is 1.83. The molecule has 26 heavy (non-hydrogen) atoms. The first-order valence-electron chi connectivity index (χ1n) is 7.90. The van der Waals surface area contributed by atoms with Crippen molar-refractivity contribution in [3.05, 3.63) is 46.8 Å². The van der Waals surface area contributed by atoms with Crippen LogP contribution >= 0.6 is 11.3 Å². The van der Waals surface area contributed by atoms with Crippen LogP contribution in [0.2, 0.25) is 0 Å². The number of rotatable bonds is 8. The summed E-state index contributed by atoms with van der Waals surface area (Å²) < 4.78 is 30.9. The minimum atomic E-state index is -3.75. The molecule has 0 unspecified atom stereocenters. The van der Waals surface area contributed by atoms with Crippen molar-refractivity contribution in [2.75, 3.05) is 18.5 Å². The maximum Gasteiger partial charge on any atom is 0.321 e. The van der Waals surface area contributed by atoms with Crippen molar-refractivity contribution in [1.82, 2.24) is 4.72 Å². The van der Waals surface area contributed by atoms with Crippen LogP contribution in [0.3, 0.4) is 0 Å². The summed E-state index contributed by atoms with van der Waals surface area (Å²) in [5.41, 5.74) is 2.59. The second-order valence-corrected chi connectivity index (χ2v) is 8.37. The summed E-state index contributed by atoms with van der Waals surface area (Å²) in [4.78, 5) is 23.7. The lowest BCUT2D eigenvalue weighted by atomic mass is 10.1. The second-order valence-electron chi connectivity index (χ2n) is 5.43. The molecule has 0 bridgehead atoms. The van der Waals surface area contributed by atoms with E-state index in [0.717, 1.165) is 28.9 Å². The largest absolute Gasteiger partial charge is 0.455 e. The summed E-state index contributed by atoms with van der Waals surface area (Å²) in [6.45, 7) is 2.82. The molecule has 0 spiro atoms. The van der Waals surface area contributed by atoms with Crippen LogP contribution in [0.5, 0.6) is 0 Å².